The van der Waals surface area contributed by atoms with E-state index in [0.717, 1.165) is 17.3 Å². The van der Waals surface area contributed by atoms with Gasteiger partial charge in [0.05, 0.1) is 6.33 Å². The summed E-state index contributed by atoms with van der Waals surface area (Å²) < 4.78 is 0. The van der Waals surface area contributed by atoms with Gasteiger partial charge in [-0.15, -0.1) is 0 Å². The number of para-hydroxylation sites is 1. The Bertz CT molecular complexity index is 2630. The highest BCUT2D eigenvalue weighted by Gasteiger charge is 2.34. The predicted octanol–water partition coefficient (Wildman–Crippen LogP) is -0.794. The van der Waals surface area contributed by atoms with Gasteiger partial charge in [0.1, 0.15) is 48.3 Å². The second-order valence-electron chi connectivity index (χ2n) is 18.4. The zero-order valence-corrected chi connectivity index (χ0v) is 45.2. The van der Waals surface area contributed by atoms with Crippen molar-refractivity contribution in [3.63, 3.8) is 0 Å². The van der Waals surface area contributed by atoms with Gasteiger partial charge in [0.25, 0.3) is 0 Å². The van der Waals surface area contributed by atoms with Crippen molar-refractivity contribution in [2.24, 2.45) is 22.2 Å². The van der Waals surface area contributed by atoms with Gasteiger partial charge in [-0.2, -0.15) is 25.3 Å². The second kappa shape index (κ2) is 32.1. The third kappa shape index (κ3) is 20.5. The van der Waals surface area contributed by atoms with Gasteiger partial charge in [-0.25, -0.2) is 4.98 Å². The van der Waals surface area contributed by atoms with E-state index in [2.05, 4.69) is 87.7 Å². The summed E-state index contributed by atoms with van der Waals surface area (Å²) in [6.45, 7) is 5.21. The SMILES string of the molecule is CCCC[C@H](NC(=O)CCC)C(=O)N[C@@H](CS)C(=O)N[C@H](C)C(=O)N[C@@H](Cc1cnc[nH]1)C(=O)N[C@H](Cc1ccccc1)C(=O)N[C@@H](CCCN=C(N)N)C(=O)N[C@@H](Cc1c[nH]c2ccccc12)C(=O)N[C@@H](CS)C(N)=O. The Labute approximate surface area is 457 Å². The fraction of sp³-hybridized carbons (Fsp3) is 0.471. The highest BCUT2D eigenvalue weighted by atomic mass is 32.1. The molecular formula is C51H73N15O9S2. The van der Waals surface area contributed by atoms with Crippen LogP contribution in [0.3, 0.4) is 0 Å². The van der Waals surface area contributed by atoms with Crippen LogP contribution in [0.4, 0.5) is 0 Å². The molecule has 418 valence electrons. The summed E-state index contributed by atoms with van der Waals surface area (Å²) in [6, 6.07) is 6.00. The van der Waals surface area contributed by atoms with Gasteiger partial charge in [-0.1, -0.05) is 75.2 Å². The number of carbonyl (C=O) groups is 9. The van der Waals surface area contributed by atoms with Crippen LogP contribution in [0.5, 0.6) is 0 Å². The summed E-state index contributed by atoms with van der Waals surface area (Å²) in [6.07, 6.45) is 6.84. The molecule has 2 aromatic heterocycles. The zero-order valence-electron chi connectivity index (χ0n) is 43.4. The quantitative estimate of drug-likeness (QED) is 0.0121. The predicted molar refractivity (Wildman–Crippen MR) is 297 cm³/mol. The molecule has 0 aliphatic rings. The van der Waals surface area contributed by atoms with Crippen molar-refractivity contribution in [2.45, 2.75) is 133 Å². The molecule has 2 heterocycles. The number of nitrogens with one attached hydrogen (secondary N) is 10. The Morgan fingerprint density at radius 3 is 1.71 bits per heavy atom. The number of thiol groups is 2. The number of imidazole rings is 1. The Kier molecular flexibility index (Phi) is 25.8. The number of amides is 9. The lowest BCUT2D eigenvalue weighted by molar-refractivity contribution is -0.135. The van der Waals surface area contributed by atoms with Crippen LogP contribution in [0.25, 0.3) is 10.9 Å². The molecule has 8 atom stereocenters. The number of benzene rings is 2. The number of nitrogens with zero attached hydrogens (tertiary/aromatic N) is 2. The van der Waals surface area contributed by atoms with Gasteiger partial charge < -0.3 is 69.7 Å². The van der Waals surface area contributed by atoms with Gasteiger partial charge in [-0.3, -0.25) is 48.1 Å². The number of guanidine groups is 1. The summed E-state index contributed by atoms with van der Waals surface area (Å²) >= 11 is 8.42. The number of primary amides is 1. The number of nitrogens with two attached hydrogens (primary N) is 3. The van der Waals surface area contributed by atoms with E-state index in [1.165, 1.54) is 19.4 Å². The lowest BCUT2D eigenvalue weighted by atomic mass is 10.0. The molecule has 0 unspecified atom stereocenters. The maximum Gasteiger partial charge on any atom is 0.244 e. The fourth-order valence-corrected chi connectivity index (χ4v) is 8.52. The van der Waals surface area contributed by atoms with Crippen molar-refractivity contribution >= 4 is 95.3 Å². The minimum atomic E-state index is -1.39. The lowest BCUT2D eigenvalue weighted by Crippen LogP contribution is -2.61. The number of aliphatic imine (C=N–C) groups is 1. The first kappa shape index (κ1) is 61.9. The second-order valence-corrected chi connectivity index (χ2v) is 19.1. The number of fused-ring (bicyclic) bond motifs is 1. The minimum absolute atomic E-state index is 0.0568. The Morgan fingerprint density at radius 1 is 0.584 bits per heavy atom. The first-order chi connectivity index (χ1) is 36.9. The standard InChI is InChI=1S/C51H73N15O9S2/c1-4-6-17-35(60-42(67)13-5-2)45(70)66-41(27-77)50(75)59-29(3)44(69)62-39(23-32-25-55-28-58-32)49(74)63-37(21-30-14-8-7-9-15-30)47(72)61-36(19-12-20-56-51(53)54)46(71)64-38(48(73)65-40(26-76)43(52)68)22-31-24-57-34-18-11-10-16-33(31)34/h7-11,14-16,18,24-25,28-29,35-41,57,76-77H,4-6,12-13,17,19-23,26-27H2,1-3H3,(H2,52,68)(H,55,58)(H,59,75)(H,60,67)(H,61,72)(H,62,69)(H,63,74)(H,64,71)(H,65,73)(H,66,70)(H4,53,54,56)/t29-,35+,36+,37-,38+,39+,40+,41+/m1/s1. The van der Waals surface area contributed by atoms with E-state index in [1.54, 1.807) is 36.5 Å². The van der Waals surface area contributed by atoms with Crippen LogP contribution in [0, 0.1) is 0 Å². The molecule has 0 spiro atoms. The molecule has 4 aromatic rings. The van der Waals surface area contributed by atoms with Gasteiger partial charge in [0, 0.05) is 72.7 Å². The van der Waals surface area contributed by atoms with E-state index in [-0.39, 0.29) is 68.4 Å². The summed E-state index contributed by atoms with van der Waals surface area (Å²) in [7, 11) is 0. The first-order valence-corrected chi connectivity index (χ1v) is 26.7. The number of hydrogen-bond donors (Lipinski definition) is 15. The molecule has 16 N–H and O–H groups in total. The molecular weight excluding hydrogens is 1030 g/mol. The first-order valence-electron chi connectivity index (χ1n) is 25.4. The van der Waals surface area contributed by atoms with Crippen molar-refractivity contribution in [3.05, 3.63) is 90.1 Å². The highest BCUT2D eigenvalue weighted by molar-refractivity contribution is 7.80. The molecule has 26 heteroatoms. The van der Waals surface area contributed by atoms with Crippen LogP contribution < -0.4 is 59.7 Å². The molecule has 0 fully saturated rings. The van der Waals surface area contributed by atoms with E-state index in [0.29, 0.717) is 36.1 Å². The van der Waals surface area contributed by atoms with E-state index in [9.17, 15) is 43.2 Å². The fourth-order valence-electron chi connectivity index (χ4n) is 8.00. The molecule has 77 heavy (non-hydrogen) atoms. The van der Waals surface area contributed by atoms with Crippen molar-refractivity contribution in [2.75, 3.05) is 18.1 Å². The smallest absolute Gasteiger partial charge is 0.244 e. The third-order valence-corrected chi connectivity index (χ3v) is 13.0. The number of unbranched alkanes of at least 4 members (excludes halogenated alkanes) is 1. The lowest BCUT2D eigenvalue weighted by Gasteiger charge is -2.27. The molecule has 0 aliphatic carbocycles. The minimum Gasteiger partial charge on any atom is -0.370 e. The van der Waals surface area contributed by atoms with Crippen LogP contribution >= 0.6 is 25.3 Å². The molecule has 9 amide bonds. The molecule has 0 saturated carbocycles. The van der Waals surface area contributed by atoms with E-state index in [1.807, 2.05) is 38.1 Å². The average molecular weight is 1100 g/mol. The number of aromatic amines is 2. The number of hydrogen-bond acceptors (Lipinski definition) is 13. The molecule has 4 rings (SSSR count). The van der Waals surface area contributed by atoms with E-state index >= 15 is 0 Å². The van der Waals surface area contributed by atoms with Crippen molar-refractivity contribution in [3.8, 4) is 0 Å². The molecule has 2 aromatic carbocycles. The van der Waals surface area contributed by atoms with Crippen LogP contribution in [0.2, 0.25) is 0 Å². The van der Waals surface area contributed by atoms with Crippen molar-refractivity contribution in [1.82, 2.24) is 57.5 Å². The number of aromatic nitrogens is 3. The van der Waals surface area contributed by atoms with Gasteiger partial charge in [0.2, 0.25) is 53.2 Å². The number of carbonyl (C=O) groups excluding carboxylic acids is 9. The van der Waals surface area contributed by atoms with Crippen molar-refractivity contribution < 1.29 is 43.2 Å². The Balaban J connectivity index is 1.59. The summed E-state index contributed by atoms with van der Waals surface area (Å²) in [5.74, 6) is -7.00. The molecule has 0 saturated heterocycles. The van der Waals surface area contributed by atoms with Crippen LogP contribution in [-0.4, -0.2) is 140 Å². The number of H-pyrrole nitrogens is 2. The van der Waals surface area contributed by atoms with Gasteiger partial charge in [-0.05, 0) is 49.8 Å². The zero-order chi connectivity index (χ0) is 56.4. The topological polar surface area (TPSA) is 385 Å². The van der Waals surface area contributed by atoms with E-state index in [4.69, 9.17) is 17.2 Å². The van der Waals surface area contributed by atoms with Gasteiger partial charge in [0.15, 0.2) is 5.96 Å². The largest absolute Gasteiger partial charge is 0.370 e. The van der Waals surface area contributed by atoms with Crippen molar-refractivity contribution in [1.29, 1.82) is 0 Å². The molecule has 0 radical (unpaired) electrons. The highest BCUT2D eigenvalue weighted by Crippen LogP contribution is 2.20. The maximum atomic E-state index is 14.6. The van der Waals surface area contributed by atoms with E-state index < -0.39 is 95.6 Å². The van der Waals surface area contributed by atoms with Gasteiger partial charge >= 0.3 is 0 Å². The monoisotopic (exact) mass is 1100 g/mol. The molecule has 0 aliphatic heterocycles. The molecule has 24 nitrogen and oxygen atoms in total. The van der Waals surface area contributed by atoms with Crippen LogP contribution in [0.1, 0.15) is 82.5 Å². The maximum absolute atomic E-state index is 14.6. The summed E-state index contributed by atoms with van der Waals surface area (Å²) in [5.41, 5.74) is 19.1. The Hall–Kier alpha value is -7.61. The molecule has 0 bridgehead atoms. The van der Waals surface area contributed by atoms with Crippen LogP contribution in [-0.2, 0) is 62.4 Å². The summed E-state index contributed by atoms with van der Waals surface area (Å²) in [5, 5.41) is 22.1. The van der Waals surface area contributed by atoms with Crippen LogP contribution in [0.15, 0.2) is 78.3 Å². The summed E-state index contributed by atoms with van der Waals surface area (Å²) in [4.78, 5) is 137. The average Bonchev–Trinajstić information content (AvgIpc) is 4.08. The Morgan fingerprint density at radius 2 is 1.12 bits per heavy atom. The third-order valence-electron chi connectivity index (χ3n) is 12.2. The normalized spacial score (nSPS) is 14.1. The number of rotatable bonds is 33.